The Hall–Kier alpha value is -4.58. The van der Waals surface area contributed by atoms with Crippen LogP contribution < -0.4 is 5.32 Å². The molecule has 0 aliphatic heterocycles. The van der Waals surface area contributed by atoms with Crippen LogP contribution in [-0.4, -0.2) is 25.7 Å². The summed E-state index contributed by atoms with van der Waals surface area (Å²) in [5.41, 5.74) is 6.90. The highest BCUT2D eigenvalue weighted by molar-refractivity contribution is 5.90. The topological polar surface area (TPSA) is 72.7 Å². The number of carbonyl (C=O) groups excluding carboxylic acids is 1. The molecule has 0 aliphatic rings. The zero-order valence-corrected chi connectivity index (χ0v) is 18.7. The summed E-state index contributed by atoms with van der Waals surface area (Å²) in [6.45, 7) is 2.04. The van der Waals surface area contributed by atoms with E-state index in [9.17, 15) is 4.79 Å². The van der Waals surface area contributed by atoms with Gasteiger partial charge in [0.15, 0.2) is 0 Å². The largest absolute Gasteiger partial charge is 0.324 e. The number of benzene rings is 2. The van der Waals surface area contributed by atoms with Gasteiger partial charge in [0, 0.05) is 34.9 Å². The summed E-state index contributed by atoms with van der Waals surface area (Å²) in [4.78, 5) is 21.9. The van der Waals surface area contributed by atoms with E-state index in [1.165, 1.54) is 0 Å². The zero-order valence-electron chi connectivity index (χ0n) is 18.7. The summed E-state index contributed by atoms with van der Waals surface area (Å²) in [5, 5.41) is 7.67. The van der Waals surface area contributed by atoms with Crippen LogP contribution in [-0.2, 0) is 11.3 Å². The lowest BCUT2D eigenvalue weighted by Gasteiger charge is -2.06. The number of nitrogens with one attached hydrogen (secondary N) is 1. The van der Waals surface area contributed by atoms with Gasteiger partial charge in [0.2, 0.25) is 5.91 Å². The molecule has 1 N–H and O–H groups in total. The van der Waals surface area contributed by atoms with Crippen LogP contribution in [0.25, 0.3) is 33.8 Å². The van der Waals surface area contributed by atoms with Crippen molar-refractivity contribution in [2.75, 3.05) is 5.32 Å². The maximum atomic E-state index is 12.7. The molecule has 0 spiro atoms. The number of hydrogen-bond acceptors (Lipinski definition) is 4. The number of nitrogens with zero attached hydrogens (tertiary/aromatic N) is 4. The van der Waals surface area contributed by atoms with Crippen LogP contribution >= 0.6 is 0 Å². The van der Waals surface area contributed by atoms with Gasteiger partial charge >= 0.3 is 0 Å². The molecule has 6 nitrogen and oxygen atoms in total. The van der Waals surface area contributed by atoms with Crippen molar-refractivity contribution in [3.8, 4) is 33.8 Å². The summed E-state index contributed by atoms with van der Waals surface area (Å²) >= 11 is 0. The smallest absolute Gasteiger partial charge is 0.246 e. The van der Waals surface area contributed by atoms with E-state index in [1.54, 1.807) is 10.9 Å². The van der Waals surface area contributed by atoms with Gasteiger partial charge in [0.05, 0.1) is 11.4 Å². The maximum absolute atomic E-state index is 12.7. The normalized spacial score (nSPS) is 10.7. The number of anilines is 1. The number of aryl methyl sites for hydroxylation is 1. The molecule has 0 bridgehead atoms. The van der Waals surface area contributed by atoms with Crippen molar-refractivity contribution in [3.05, 3.63) is 109 Å². The second-order valence-corrected chi connectivity index (χ2v) is 7.96. The summed E-state index contributed by atoms with van der Waals surface area (Å²) < 4.78 is 1.66. The average Bonchev–Trinajstić information content (AvgIpc) is 3.29. The van der Waals surface area contributed by atoms with E-state index in [-0.39, 0.29) is 12.5 Å². The van der Waals surface area contributed by atoms with E-state index >= 15 is 0 Å². The van der Waals surface area contributed by atoms with Gasteiger partial charge in [-0.3, -0.25) is 19.4 Å². The molecular formula is C28H23N5O. The predicted octanol–water partition coefficient (Wildman–Crippen LogP) is 5.62. The summed E-state index contributed by atoms with van der Waals surface area (Å²) in [5.74, 6) is -0.149. The lowest BCUT2D eigenvalue weighted by molar-refractivity contribution is -0.116. The molecule has 0 saturated carbocycles. The van der Waals surface area contributed by atoms with E-state index in [1.807, 2.05) is 104 Å². The Morgan fingerprint density at radius 2 is 1.62 bits per heavy atom. The standard InChI is InChI=1S/C28H23N5O/c1-20-9-8-14-25(30-20)28-24(22-15-16-29-26(17-22)21-10-4-2-5-11-21)18-33(32-28)19-27(34)31-23-12-6-3-7-13-23/h2-18H,19H2,1H3,(H,31,34). The molecular weight excluding hydrogens is 422 g/mol. The Balaban J connectivity index is 1.52. The van der Waals surface area contributed by atoms with Crippen molar-refractivity contribution in [3.63, 3.8) is 0 Å². The summed E-state index contributed by atoms with van der Waals surface area (Å²) in [6, 6.07) is 29.3. The first-order chi connectivity index (χ1) is 16.7. The van der Waals surface area contributed by atoms with Crippen molar-refractivity contribution in [2.45, 2.75) is 13.5 Å². The Morgan fingerprint density at radius 1 is 0.853 bits per heavy atom. The number of rotatable bonds is 6. The van der Waals surface area contributed by atoms with Crippen molar-refractivity contribution < 1.29 is 4.79 Å². The average molecular weight is 446 g/mol. The third-order valence-corrected chi connectivity index (χ3v) is 5.40. The molecule has 1 amide bonds. The van der Waals surface area contributed by atoms with E-state index in [0.29, 0.717) is 0 Å². The Morgan fingerprint density at radius 3 is 2.38 bits per heavy atom. The first-order valence-corrected chi connectivity index (χ1v) is 11.0. The minimum Gasteiger partial charge on any atom is -0.324 e. The molecule has 0 atom stereocenters. The van der Waals surface area contributed by atoms with Crippen LogP contribution in [0.2, 0.25) is 0 Å². The molecule has 34 heavy (non-hydrogen) atoms. The quantitative estimate of drug-likeness (QED) is 0.368. The van der Waals surface area contributed by atoms with E-state index in [2.05, 4.69) is 15.3 Å². The molecule has 0 saturated heterocycles. The van der Waals surface area contributed by atoms with Crippen LogP contribution in [0, 0.1) is 6.92 Å². The van der Waals surface area contributed by atoms with Crippen LogP contribution in [0.15, 0.2) is 103 Å². The van der Waals surface area contributed by atoms with Gasteiger partial charge in [-0.25, -0.2) is 0 Å². The number of para-hydroxylation sites is 1. The van der Waals surface area contributed by atoms with Crippen molar-refractivity contribution in [1.29, 1.82) is 0 Å². The van der Waals surface area contributed by atoms with Crippen LogP contribution in [0.5, 0.6) is 0 Å². The SMILES string of the molecule is Cc1cccc(-c2nn(CC(=O)Nc3ccccc3)cc2-c2ccnc(-c3ccccc3)c2)n1. The van der Waals surface area contributed by atoms with E-state index in [4.69, 9.17) is 5.10 Å². The molecule has 0 radical (unpaired) electrons. The Kier molecular flexibility index (Phi) is 5.95. The molecule has 5 aromatic rings. The van der Waals surface area contributed by atoms with Gasteiger partial charge in [-0.05, 0) is 48.9 Å². The Labute approximate surface area is 198 Å². The van der Waals surface area contributed by atoms with Crippen LogP contribution in [0.1, 0.15) is 5.69 Å². The monoisotopic (exact) mass is 445 g/mol. The fraction of sp³-hybridized carbons (Fsp3) is 0.0714. The number of aromatic nitrogens is 4. The summed E-state index contributed by atoms with van der Waals surface area (Å²) in [7, 11) is 0. The zero-order chi connectivity index (χ0) is 23.3. The molecule has 166 valence electrons. The number of amides is 1. The van der Waals surface area contributed by atoms with Gasteiger partial charge in [-0.2, -0.15) is 5.10 Å². The third-order valence-electron chi connectivity index (χ3n) is 5.40. The molecule has 3 aromatic heterocycles. The second kappa shape index (κ2) is 9.50. The van der Waals surface area contributed by atoms with Crippen molar-refractivity contribution in [2.24, 2.45) is 0 Å². The Bertz CT molecular complexity index is 1430. The highest BCUT2D eigenvalue weighted by Crippen LogP contribution is 2.32. The number of pyridine rings is 2. The molecule has 6 heteroatoms. The van der Waals surface area contributed by atoms with Gasteiger partial charge in [-0.1, -0.05) is 54.6 Å². The maximum Gasteiger partial charge on any atom is 0.246 e. The first-order valence-electron chi connectivity index (χ1n) is 11.0. The minimum atomic E-state index is -0.149. The van der Waals surface area contributed by atoms with Gasteiger partial charge in [0.25, 0.3) is 0 Å². The van der Waals surface area contributed by atoms with Gasteiger partial charge in [0.1, 0.15) is 12.2 Å². The lowest BCUT2D eigenvalue weighted by atomic mass is 10.0. The van der Waals surface area contributed by atoms with Crippen LogP contribution in [0.3, 0.4) is 0 Å². The van der Waals surface area contributed by atoms with Gasteiger partial charge < -0.3 is 5.32 Å². The molecule has 0 aliphatic carbocycles. The van der Waals surface area contributed by atoms with Crippen molar-refractivity contribution >= 4 is 11.6 Å². The second-order valence-electron chi connectivity index (χ2n) is 7.96. The predicted molar refractivity (Wildman–Crippen MR) is 134 cm³/mol. The number of hydrogen-bond donors (Lipinski definition) is 1. The lowest BCUT2D eigenvalue weighted by Crippen LogP contribution is -2.19. The molecule has 0 unspecified atom stereocenters. The molecule has 0 fully saturated rings. The van der Waals surface area contributed by atoms with E-state index in [0.717, 1.165) is 45.2 Å². The molecule has 5 rings (SSSR count). The molecule has 2 aromatic carbocycles. The number of carbonyl (C=O) groups is 1. The van der Waals surface area contributed by atoms with Gasteiger partial charge in [-0.15, -0.1) is 0 Å². The highest BCUT2D eigenvalue weighted by atomic mass is 16.2. The van der Waals surface area contributed by atoms with Crippen molar-refractivity contribution in [1.82, 2.24) is 19.7 Å². The third kappa shape index (κ3) is 4.76. The highest BCUT2D eigenvalue weighted by Gasteiger charge is 2.17. The minimum absolute atomic E-state index is 0.0876. The first kappa shape index (κ1) is 21.3. The molecule has 3 heterocycles. The van der Waals surface area contributed by atoms with E-state index < -0.39 is 0 Å². The fourth-order valence-corrected chi connectivity index (χ4v) is 3.81. The fourth-order valence-electron chi connectivity index (χ4n) is 3.81. The van der Waals surface area contributed by atoms with Crippen LogP contribution in [0.4, 0.5) is 5.69 Å². The summed E-state index contributed by atoms with van der Waals surface area (Å²) in [6.07, 6.45) is 3.69.